The molecule has 0 heteroatoms. The molecule has 0 bridgehead atoms. The summed E-state index contributed by atoms with van der Waals surface area (Å²) < 4.78 is 0. The maximum atomic E-state index is 2.55. The Balaban J connectivity index is 1.11. The van der Waals surface area contributed by atoms with Gasteiger partial charge in [0.05, 0.1) is 5.41 Å². The second kappa shape index (κ2) is 12.4. The van der Waals surface area contributed by atoms with Crippen molar-refractivity contribution in [3.63, 3.8) is 0 Å². The normalized spacial score (nSPS) is 13.4. The zero-order valence-corrected chi connectivity index (χ0v) is 34.2. The van der Waals surface area contributed by atoms with Crippen LogP contribution in [-0.2, 0) is 5.41 Å². The van der Waals surface area contributed by atoms with Crippen LogP contribution in [0, 0.1) is 6.92 Å². The molecule has 0 saturated heterocycles. The molecule has 0 fully saturated rings. The average molecular weight is 783 g/mol. The third-order valence-corrected chi connectivity index (χ3v) is 14.5. The van der Waals surface area contributed by atoms with Gasteiger partial charge in [-0.1, -0.05) is 194 Å². The predicted octanol–water partition coefficient (Wildman–Crippen LogP) is 16.6. The Bertz CT molecular complexity index is 3770. The number of hydrogen-bond donors (Lipinski definition) is 0. The van der Waals surface area contributed by atoms with Crippen molar-refractivity contribution in [3.8, 4) is 33.4 Å². The fraction of sp³-hybridized carbons (Fsp3) is 0.0323. The van der Waals surface area contributed by atoms with Crippen molar-refractivity contribution in [1.82, 2.24) is 0 Å². The molecule has 0 aromatic heterocycles. The summed E-state index contributed by atoms with van der Waals surface area (Å²) >= 11 is 0. The molecule has 0 unspecified atom stereocenters. The third kappa shape index (κ3) is 4.46. The van der Waals surface area contributed by atoms with E-state index in [9.17, 15) is 0 Å². The molecule has 13 aromatic carbocycles. The van der Waals surface area contributed by atoms with E-state index in [-0.39, 0.29) is 0 Å². The molecule has 0 N–H and O–H groups in total. The monoisotopic (exact) mass is 782 g/mol. The van der Waals surface area contributed by atoms with Crippen LogP contribution >= 0.6 is 0 Å². The highest BCUT2D eigenvalue weighted by atomic mass is 14.5. The minimum Gasteiger partial charge on any atom is -0.0616 e. The van der Waals surface area contributed by atoms with Crippen LogP contribution in [0.25, 0.3) is 109 Å². The van der Waals surface area contributed by atoms with Crippen LogP contribution in [0.3, 0.4) is 0 Å². The second-order valence-corrected chi connectivity index (χ2v) is 17.6. The van der Waals surface area contributed by atoms with Gasteiger partial charge in [0.25, 0.3) is 0 Å². The topological polar surface area (TPSA) is 0 Å². The summed E-state index contributed by atoms with van der Waals surface area (Å²) in [4.78, 5) is 0. The molecule has 13 aromatic rings. The van der Waals surface area contributed by atoms with Gasteiger partial charge in [0.1, 0.15) is 0 Å². The van der Waals surface area contributed by atoms with Crippen LogP contribution in [0.15, 0.2) is 212 Å². The summed E-state index contributed by atoms with van der Waals surface area (Å²) in [6, 6.07) is 81.1. The number of hydrogen-bond acceptors (Lipinski definition) is 0. The fourth-order valence-corrected chi connectivity index (χ4v) is 11.8. The van der Waals surface area contributed by atoms with Crippen molar-refractivity contribution in [2.75, 3.05) is 0 Å². The molecule has 0 spiro atoms. The zero-order chi connectivity index (χ0) is 40.7. The Labute approximate surface area is 359 Å². The third-order valence-electron chi connectivity index (χ3n) is 14.5. The largest absolute Gasteiger partial charge is 0.0719 e. The van der Waals surface area contributed by atoms with Gasteiger partial charge in [0.15, 0.2) is 0 Å². The molecule has 1 aliphatic rings. The Kier molecular flexibility index (Phi) is 6.78. The van der Waals surface area contributed by atoms with E-state index in [1.807, 2.05) is 0 Å². The number of benzene rings is 13. The summed E-state index contributed by atoms with van der Waals surface area (Å²) in [5.74, 6) is 0. The van der Waals surface area contributed by atoms with Gasteiger partial charge in [-0.2, -0.15) is 0 Å². The maximum Gasteiger partial charge on any atom is 0.0719 e. The molecular weight excluding hydrogens is 745 g/mol. The van der Waals surface area contributed by atoms with Crippen LogP contribution in [0.5, 0.6) is 0 Å². The molecule has 62 heavy (non-hydrogen) atoms. The first-order valence-electron chi connectivity index (χ1n) is 21.8. The molecule has 0 aliphatic heterocycles. The first kappa shape index (κ1) is 34.0. The minimum absolute atomic E-state index is 0.621. The van der Waals surface area contributed by atoms with E-state index in [0.29, 0.717) is 0 Å². The van der Waals surface area contributed by atoms with Crippen molar-refractivity contribution >= 4 is 75.4 Å². The molecule has 1 aliphatic carbocycles. The zero-order valence-electron chi connectivity index (χ0n) is 34.2. The highest BCUT2D eigenvalue weighted by Gasteiger charge is 2.47. The van der Waals surface area contributed by atoms with Crippen molar-refractivity contribution in [2.24, 2.45) is 0 Å². The van der Waals surface area contributed by atoms with Gasteiger partial charge >= 0.3 is 0 Å². The van der Waals surface area contributed by atoms with Crippen LogP contribution in [0.4, 0.5) is 0 Å². The number of rotatable bonds is 4. The molecule has 0 heterocycles. The van der Waals surface area contributed by atoms with Gasteiger partial charge in [-0.15, -0.1) is 0 Å². The molecule has 0 saturated carbocycles. The highest BCUT2D eigenvalue weighted by Crippen LogP contribution is 2.59. The maximum absolute atomic E-state index is 2.55. The van der Waals surface area contributed by atoms with Crippen LogP contribution < -0.4 is 0 Å². The first-order valence-corrected chi connectivity index (χ1v) is 21.8. The van der Waals surface area contributed by atoms with Crippen molar-refractivity contribution in [1.29, 1.82) is 0 Å². The van der Waals surface area contributed by atoms with Crippen molar-refractivity contribution in [2.45, 2.75) is 12.3 Å². The minimum atomic E-state index is -0.621. The lowest BCUT2D eigenvalue weighted by Gasteiger charge is -2.35. The van der Waals surface area contributed by atoms with E-state index in [1.165, 1.54) is 137 Å². The van der Waals surface area contributed by atoms with E-state index >= 15 is 0 Å². The lowest BCUT2D eigenvalue weighted by Crippen LogP contribution is -2.29. The molecule has 0 amide bonds. The first-order chi connectivity index (χ1) is 30.6. The summed E-state index contributed by atoms with van der Waals surface area (Å²) in [7, 11) is 0. The molecular formula is C62H38. The molecule has 0 atom stereocenters. The summed E-state index contributed by atoms with van der Waals surface area (Å²) in [5, 5.41) is 18.2. The Morgan fingerprint density at radius 1 is 0.274 bits per heavy atom. The van der Waals surface area contributed by atoms with E-state index in [0.717, 1.165) is 0 Å². The van der Waals surface area contributed by atoms with E-state index < -0.39 is 5.41 Å². The van der Waals surface area contributed by atoms with E-state index in [4.69, 9.17) is 0 Å². The SMILES string of the molecule is Cc1ccc(C2(c3cccc4ccccc34)c3cc(-c4cc5cccc6ccc7cccc4c7c65)ccc3-c3ccc(-c4cc5cccc6ccc7cccc4c7c65)cc32)cc1. The van der Waals surface area contributed by atoms with Gasteiger partial charge in [-0.3, -0.25) is 0 Å². The average Bonchev–Trinajstić information content (AvgIpc) is 3.61. The Hall–Kier alpha value is -7.80. The molecule has 14 rings (SSSR count). The van der Waals surface area contributed by atoms with Crippen molar-refractivity contribution < 1.29 is 0 Å². The van der Waals surface area contributed by atoms with Crippen LogP contribution in [-0.4, -0.2) is 0 Å². The van der Waals surface area contributed by atoms with Crippen LogP contribution in [0.2, 0.25) is 0 Å². The number of fused-ring (bicyclic) bond motifs is 4. The highest BCUT2D eigenvalue weighted by molar-refractivity contribution is 6.27. The molecule has 0 nitrogen and oxygen atoms in total. The quantitative estimate of drug-likeness (QED) is 0.156. The fourth-order valence-electron chi connectivity index (χ4n) is 11.8. The summed E-state index contributed by atoms with van der Waals surface area (Å²) in [5.41, 5.74) is 13.4. The number of aryl methyl sites for hydroxylation is 1. The van der Waals surface area contributed by atoms with E-state index in [1.54, 1.807) is 0 Å². The van der Waals surface area contributed by atoms with Gasteiger partial charge in [-0.05, 0) is 162 Å². The molecule has 0 radical (unpaired) electrons. The predicted molar refractivity (Wildman–Crippen MR) is 264 cm³/mol. The van der Waals surface area contributed by atoms with E-state index in [2.05, 4.69) is 219 Å². The van der Waals surface area contributed by atoms with Crippen LogP contribution in [0.1, 0.15) is 27.8 Å². The standard InChI is InChI=1S/C62H38/c1-37-21-29-47(30-22-37)62(55-20-8-10-38-9-2-3-17-48(38)55)56-35-43(53-33-45-15-4-11-39-23-25-41-13-6-18-51(53)60(41)58(39)45)27-31-49(56)50-32-28-44(36-57(50)62)54-34-46-16-5-12-40-24-26-42-14-7-19-52(54)61(42)59(40)46/h2-36H,1H3. The van der Waals surface area contributed by atoms with Gasteiger partial charge in [0.2, 0.25) is 0 Å². The second-order valence-electron chi connectivity index (χ2n) is 17.6. The lowest BCUT2D eigenvalue weighted by atomic mass is 9.66. The smallest absolute Gasteiger partial charge is 0.0616 e. The van der Waals surface area contributed by atoms with Gasteiger partial charge < -0.3 is 0 Å². The van der Waals surface area contributed by atoms with Gasteiger partial charge in [-0.25, -0.2) is 0 Å². The Morgan fingerprint density at radius 2 is 0.710 bits per heavy atom. The summed E-state index contributed by atoms with van der Waals surface area (Å²) in [6.45, 7) is 2.20. The summed E-state index contributed by atoms with van der Waals surface area (Å²) in [6.07, 6.45) is 0. The Morgan fingerprint density at radius 3 is 1.27 bits per heavy atom. The molecule has 286 valence electrons. The van der Waals surface area contributed by atoms with Crippen molar-refractivity contribution in [3.05, 3.63) is 240 Å². The van der Waals surface area contributed by atoms with Gasteiger partial charge in [0, 0.05) is 0 Å². The lowest BCUT2D eigenvalue weighted by molar-refractivity contribution is 0.776.